The molecule has 0 nitrogen and oxygen atoms in total. The summed E-state index contributed by atoms with van der Waals surface area (Å²) in [5.41, 5.74) is 3.12. The Hall–Kier alpha value is -1.56. The van der Waals surface area contributed by atoms with E-state index in [-0.39, 0.29) is 0 Å². The second kappa shape index (κ2) is 7.81. The third-order valence-corrected chi connectivity index (χ3v) is 1.89. The molecule has 0 bridgehead atoms. The molecule has 0 aliphatic carbocycles. The van der Waals surface area contributed by atoms with Gasteiger partial charge in [-0.15, -0.1) is 0 Å². The highest BCUT2D eigenvalue weighted by Crippen LogP contribution is 2.09. The second-order valence-electron chi connectivity index (χ2n) is 3.35. The third-order valence-electron chi connectivity index (χ3n) is 1.89. The first-order valence-electron chi connectivity index (χ1n) is 5.14. The highest BCUT2D eigenvalue weighted by molar-refractivity contribution is 5.40. The van der Waals surface area contributed by atoms with Crippen LogP contribution in [0.4, 0.5) is 0 Å². The van der Waals surface area contributed by atoms with Crippen LogP contribution in [0.3, 0.4) is 0 Å². The Labute approximate surface area is 93.7 Å². The van der Waals surface area contributed by atoms with Crippen LogP contribution < -0.4 is 0 Å². The molecule has 0 saturated heterocycles. The third kappa shape index (κ3) is 6.50. The molecule has 0 aliphatic heterocycles. The van der Waals surface area contributed by atoms with Crippen molar-refractivity contribution in [2.75, 3.05) is 0 Å². The standard InChI is InChI=1S/C15H20/c1-6-8-10-15(9-7-2)12-11-14(5)13(3)4/h6,8-12H,1,3,5,7H2,2,4H3/b10-8-,12-11+,15-9+. The minimum Gasteiger partial charge on any atom is -0.0991 e. The Bertz CT molecular complexity index is 322. The smallest absolute Gasteiger partial charge is 0.0297 e. The van der Waals surface area contributed by atoms with Gasteiger partial charge < -0.3 is 0 Å². The number of rotatable bonds is 6. The molecule has 0 spiro atoms. The Balaban J connectivity index is 4.62. The molecule has 0 heterocycles. The number of hydrogen-bond donors (Lipinski definition) is 0. The van der Waals surface area contributed by atoms with E-state index in [1.54, 1.807) is 6.08 Å². The molecule has 0 radical (unpaired) electrons. The molecule has 0 amide bonds. The Kier molecular flexibility index (Phi) is 7.00. The number of hydrogen-bond acceptors (Lipinski definition) is 0. The SMILES string of the molecule is C=C\C=C/C(/C=C/C(=C)C(=C)C)=C\CC. The van der Waals surface area contributed by atoms with Gasteiger partial charge in [0.1, 0.15) is 0 Å². The molecule has 80 valence electrons. The van der Waals surface area contributed by atoms with Crippen molar-refractivity contribution in [2.24, 2.45) is 0 Å². The van der Waals surface area contributed by atoms with E-state index >= 15 is 0 Å². The minimum absolute atomic E-state index is 0.962. The molecular weight excluding hydrogens is 180 g/mol. The van der Waals surface area contributed by atoms with Crippen LogP contribution in [-0.2, 0) is 0 Å². The maximum Gasteiger partial charge on any atom is -0.0297 e. The van der Waals surface area contributed by atoms with Crippen LogP contribution in [0.15, 0.2) is 72.9 Å². The predicted octanol–water partition coefficient (Wildman–Crippen LogP) is 4.75. The van der Waals surface area contributed by atoms with E-state index in [9.17, 15) is 0 Å². The zero-order valence-electron chi connectivity index (χ0n) is 9.79. The zero-order chi connectivity index (χ0) is 11.7. The zero-order valence-corrected chi connectivity index (χ0v) is 9.79. The quantitative estimate of drug-likeness (QED) is 0.543. The predicted molar refractivity (Wildman–Crippen MR) is 70.8 cm³/mol. The molecular formula is C15H20. The van der Waals surface area contributed by atoms with Crippen LogP contribution in [0.1, 0.15) is 20.3 Å². The van der Waals surface area contributed by atoms with Crippen LogP contribution in [0.5, 0.6) is 0 Å². The summed E-state index contributed by atoms with van der Waals surface area (Å²) >= 11 is 0. The molecule has 0 aromatic carbocycles. The largest absolute Gasteiger partial charge is 0.0991 e. The number of allylic oxidation sites excluding steroid dienone is 9. The van der Waals surface area contributed by atoms with Gasteiger partial charge in [0, 0.05) is 0 Å². The molecule has 0 rings (SSSR count). The van der Waals surface area contributed by atoms with Gasteiger partial charge in [0.25, 0.3) is 0 Å². The van der Waals surface area contributed by atoms with Crippen LogP contribution in [0.2, 0.25) is 0 Å². The lowest BCUT2D eigenvalue weighted by Crippen LogP contribution is -1.77. The summed E-state index contributed by atoms with van der Waals surface area (Å²) in [6.07, 6.45) is 12.9. The van der Waals surface area contributed by atoms with Crippen molar-refractivity contribution in [3.8, 4) is 0 Å². The lowest BCUT2D eigenvalue weighted by atomic mass is 10.1. The van der Waals surface area contributed by atoms with Crippen molar-refractivity contribution in [3.63, 3.8) is 0 Å². The average molecular weight is 200 g/mol. The summed E-state index contributed by atoms with van der Waals surface area (Å²) in [5.74, 6) is 0. The molecule has 0 atom stereocenters. The van der Waals surface area contributed by atoms with Gasteiger partial charge in [-0.2, -0.15) is 0 Å². The van der Waals surface area contributed by atoms with E-state index in [1.807, 2.05) is 31.2 Å². The van der Waals surface area contributed by atoms with Crippen molar-refractivity contribution in [1.82, 2.24) is 0 Å². The van der Waals surface area contributed by atoms with E-state index in [4.69, 9.17) is 0 Å². The lowest BCUT2D eigenvalue weighted by Gasteiger charge is -1.97. The molecule has 0 heteroatoms. The van der Waals surface area contributed by atoms with E-state index in [1.165, 1.54) is 5.57 Å². The maximum atomic E-state index is 3.91. The normalized spacial score (nSPS) is 12.3. The maximum absolute atomic E-state index is 3.91. The van der Waals surface area contributed by atoms with Crippen LogP contribution >= 0.6 is 0 Å². The molecule has 0 aliphatic rings. The fourth-order valence-electron chi connectivity index (χ4n) is 0.946. The van der Waals surface area contributed by atoms with Gasteiger partial charge >= 0.3 is 0 Å². The first-order chi connectivity index (χ1) is 7.11. The highest BCUT2D eigenvalue weighted by Gasteiger charge is 1.88. The fourth-order valence-corrected chi connectivity index (χ4v) is 0.946. The summed E-state index contributed by atoms with van der Waals surface area (Å²) < 4.78 is 0. The lowest BCUT2D eigenvalue weighted by molar-refractivity contribution is 1.21. The summed E-state index contributed by atoms with van der Waals surface area (Å²) in [4.78, 5) is 0. The van der Waals surface area contributed by atoms with Crippen LogP contribution in [0.25, 0.3) is 0 Å². The Morgan fingerprint density at radius 2 is 1.80 bits per heavy atom. The van der Waals surface area contributed by atoms with Gasteiger partial charge in [0.2, 0.25) is 0 Å². The van der Waals surface area contributed by atoms with E-state index in [2.05, 4.69) is 32.7 Å². The topological polar surface area (TPSA) is 0 Å². The van der Waals surface area contributed by atoms with E-state index < -0.39 is 0 Å². The molecule has 0 aromatic rings. The van der Waals surface area contributed by atoms with Crippen molar-refractivity contribution >= 4 is 0 Å². The van der Waals surface area contributed by atoms with Crippen molar-refractivity contribution in [1.29, 1.82) is 0 Å². The fraction of sp³-hybridized carbons (Fsp3) is 0.200. The van der Waals surface area contributed by atoms with Crippen molar-refractivity contribution < 1.29 is 0 Å². The molecule has 15 heavy (non-hydrogen) atoms. The summed E-state index contributed by atoms with van der Waals surface area (Å²) in [5, 5.41) is 0. The summed E-state index contributed by atoms with van der Waals surface area (Å²) in [7, 11) is 0. The average Bonchev–Trinajstić information content (AvgIpc) is 2.21. The molecule has 0 saturated carbocycles. The monoisotopic (exact) mass is 200 g/mol. The van der Waals surface area contributed by atoms with Gasteiger partial charge in [0.05, 0.1) is 0 Å². The highest BCUT2D eigenvalue weighted by atomic mass is 13.9. The second-order valence-corrected chi connectivity index (χ2v) is 3.35. The van der Waals surface area contributed by atoms with Gasteiger partial charge in [-0.1, -0.05) is 68.7 Å². The minimum atomic E-state index is 0.962. The first kappa shape index (κ1) is 13.4. The van der Waals surface area contributed by atoms with E-state index in [0.29, 0.717) is 0 Å². The summed E-state index contributed by atoms with van der Waals surface area (Å²) in [6, 6.07) is 0. The van der Waals surface area contributed by atoms with Crippen molar-refractivity contribution in [2.45, 2.75) is 20.3 Å². The first-order valence-corrected chi connectivity index (χ1v) is 5.14. The Morgan fingerprint density at radius 1 is 1.13 bits per heavy atom. The summed E-state index contributed by atoms with van der Waals surface area (Å²) in [6.45, 7) is 15.5. The van der Waals surface area contributed by atoms with Crippen LogP contribution in [-0.4, -0.2) is 0 Å². The van der Waals surface area contributed by atoms with Crippen LogP contribution in [0, 0.1) is 0 Å². The van der Waals surface area contributed by atoms with Gasteiger partial charge in [0.15, 0.2) is 0 Å². The van der Waals surface area contributed by atoms with Gasteiger partial charge in [-0.05, 0) is 24.5 Å². The Morgan fingerprint density at radius 3 is 2.27 bits per heavy atom. The molecule has 0 unspecified atom stereocenters. The molecule has 0 fully saturated rings. The van der Waals surface area contributed by atoms with Crippen molar-refractivity contribution in [3.05, 3.63) is 72.9 Å². The molecule has 0 aromatic heterocycles. The van der Waals surface area contributed by atoms with Gasteiger partial charge in [-0.3, -0.25) is 0 Å². The molecule has 0 N–H and O–H groups in total. The van der Waals surface area contributed by atoms with E-state index in [0.717, 1.165) is 17.6 Å². The van der Waals surface area contributed by atoms with Gasteiger partial charge in [-0.25, -0.2) is 0 Å².